The average molecular weight is 635 g/mol. The fourth-order valence-corrected chi connectivity index (χ4v) is 10.4. The van der Waals surface area contributed by atoms with Crippen LogP contribution >= 0.6 is 7.14 Å². The van der Waals surface area contributed by atoms with Crippen molar-refractivity contribution < 1.29 is 39.9 Å². The highest BCUT2D eigenvalue weighted by molar-refractivity contribution is 7.95. The van der Waals surface area contributed by atoms with Crippen molar-refractivity contribution in [2.24, 2.45) is 0 Å². The Kier molecular flexibility index (Phi) is 10.0. The van der Waals surface area contributed by atoms with Crippen LogP contribution in [0, 0.1) is 0 Å². The van der Waals surface area contributed by atoms with E-state index in [0.29, 0.717) is 17.9 Å². The molecule has 0 fully saturated rings. The summed E-state index contributed by atoms with van der Waals surface area (Å²) < 4.78 is 77.4. The molecular formula is C30H35O11PS. The zero-order chi connectivity index (χ0) is 31.4. The van der Waals surface area contributed by atoms with E-state index in [1.54, 1.807) is 33.8 Å². The molecule has 43 heavy (non-hydrogen) atoms. The number of benzene rings is 2. The van der Waals surface area contributed by atoms with Crippen LogP contribution in [0.4, 0.5) is 0 Å². The molecular weight excluding hydrogens is 599 g/mol. The molecule has 0 saturated heterocycles. The van der Waals surface area contributed by atoms with E-state index in [1.165, 1.54) is 0 Å². The molecule has 2 heterocycles. The summed E-state index contributed by atoms with van der Waals surface area (Å²) in [6, 6.07) is 16.5. The van der Waals surface area contributed by atoms with Crippen molar-refractivity contribution in [2.75, 3.05) is 0 Å². The van der Waals surface area contributed by atoms with Gasteiger partial charge < -0.3 is 27.0 Å². The van der Waals surface area contributed by atoms with Crippen LogP contribution in [0.1, 0.15) is 81.0 Å². The van der Waals surface area contributed by atoms with Gasteiger partial charge >= 0.3 is 11.6 Å². The molecule has 13 heteroatoms. The maximum absolute atomic E-state index is 14.8. The van der Waals surface area contributed by atoms with Gasteiger partial charge in [-0.25, -0.2) is 9.59 Å². The molecule has 0 spiro atoms. The van der Waals surface area contributed by atoms with Gasteiger partial charge in [-0.3, -0.25) is 4.55 Å². The Bertz CT molecular complexity index is 1730. The van der Waals surface area contributed by atoms with Crippen LogP contribution < -0.4 is 16.4 Å². The lowest BCUT2D eigenvalue weighted by molar-refractivity contribution is 0.363. The van der Waals surface area contributed by atoms with E-state index in [-0.39, 0.29) is 47.7 Å². The van der Waals surface area contributed by atoms with E-state index in [9.17, 15) is 27.1 Å². The van der Waals surface area contributed by atoms with Gasteiger partial charge in [0.05, 0.1) is 12.3 Å². The fourth-order valence-electron chi connectivity index (χ4n) is 4.98. The summed E-state index contributed by atoms with van der Waals surface area (Å²) >= 11 is 0. The Hall–Kier alpha value is -3.60. The van der Waals surface area contributed by atoms with E-state index < -0.39 is 46.2 Å². The second-order valence-corrected chi connectivity index (χ2v) is 16.1. The minimum atomic E-state index is -4.91. The van der Waals surface area contributed by atoms with Crippen molar-refractivity contribution in [3.63, 3.8) is 0 Å². The van der Waals surface area contributed by atoms with Crippen LogP contribution in [0.15, 0.2) is 81.9 Å². The van der Waals surface area contributed by atoms with Gasteiger partial charge in [-0.2, -0.15) is 8.42 Å². The Balaban J connectivity index is 1.64. The molecule has 2 aromatic carbocycles. The predicted molar refractivity (Wildman–Crippen MR) is 159 cm³/mol. The molecule has 0 bridgehead atoms. The third-order valence-electron chi connectivity index (χ3n) is 6.88. The number of aryl methyl sites for hydroxylation is 1. The number of hydrogen-bond donors (Lipinski definition) is 1. The molecule has 4 rings (SSSR count). The SMILES string of the molecule is CC(C)c1oc(=O)oc1CP(=O)(Cc1oc(=O)oc1C(C)C)[C@H](CCCc1cccc(Oc2ccccc2)c1)S(=O)(=O)O. The molecule has 1 N–H and O–H groups in total. The third kappa shape index (κ3) is 8.28. The average Bonchev–Trinajstić information content (AvgIpc) is 3.47. The molecule has 0 unspecified atom stereocenters. The second kappa shape index (κ2) is 13.4. The first-order valence-corrected chi connectivity index (χ1v) is 17.5. The highest BCUT2D eigenvalue weighted by atomic mass is 32.2. The Morgan fingerprint density at radius 2 is 1.33 bits per heavy atom. The van der Waals surface area contributed by atoms with Crippen molar-refractivity contribution in [1.82, 2.24) is 0 Å². The molecule has 0 saturated carbocycles. The molecule has 4 aromatic rings. The quantitative estimate of drug-likeness (QED) is 0.111. The Morgan fingerprint density at radius 3 is 1.84 bits per heavy atom. The first-order chi connectivity index (χ1) is 20.2. The third-order valence-corrected chi connectivity index (χ3v) is 12.7. The summed E-state index contributed by atoms with van der Waals surface area (Å²) in [4.78, 5) is 22.2. The minimum Gasteiger partial charge on any atom is -0.457 e. The molecule has 0 aliphatic carbocycles. The van der Waals surface area contributed by atoms with E-state index in [4.69, 9.17) is 22.4 Å². The van der Waals surface area contributed by atoms with E-state index in [0.717, 1.165) is 5.56 Å². The van der Waals surface area contributed by atoms with Gasteiger partial charge in [0, 0.05) is 11.8 Å². The van der Waals surface area contributed by atoms with Crippen LogP contribution in [0.25, 0.3) is 0 Å². The maximum Gasteiger partial charge on any atom is 0.519 e. The van der Waals surface area contributed by atoms with Crippen LogP contribution in [-0.4, -0.2) is 18.0 Å². The molecule has 1 atom stereocenters. The van der Waals surface area contributed by atoms with E-state index >= 15 is 0 Å². The first kappa shape index (κ1) is 32.3. The van der Waals surface area contributed by atoms with Crippen molar-refractivity contribution in [1.29, 1.82) is 0 Å². The van der Waals surface area contributed by atoms with E-state index in [2.05, 4.69) is 0 Å². The van der Waals surface area contributed by atoms with Crippen LogP contribution in [-0.2, 0) is 33.4 Å². The van der Waals surface area contributed by atoms with Crippen molar-refractivity contribution in [3.8, 4) is 11.5 Å². The summed E-state index contributed by atoms with van der Waals surface area (Å²) in [5.74, 6) is -1.42. The normalized spacial score (nSPS) is 13.1. The van der Waals surface area contributed by atoms with Crippen molar-refractivity contribution in [2.45, 2.75) is 76.1 Å². The number of hydrogen-bond acceptors (Lipinski definition) is 10. The van der Waals surface area contributed by atoms with Gasteiger partial charge in [-0.15, -0.1) is 0 Å². The largest absolute Gasteiger partial charge is 0.519 e. The highest BCUT2D eigenvalue weighted by Gasteiger charge is 2.45. The zero-order valence-corrected chi connectivity index (χ0v) is 26.1. The molecule has 0 aliphatic heterocycles. The van der Waals surface area contributed by atoms with Gasteiger partial charge in [0.2, 0.25) is 0 Å². The number of ether oxygens (including phenoxy) is 1. The highest BCUT2D eigenvalue weighted by Crippen LogP contribution is 2.60. The summed E-state index contributed by atoms with van der Waals surface area (Å²) in [6.45, 7) is 6.91. The van der Waals surface area contributed by atoms with Gasteiger partial charge in [0.1, 0.15) is 23.6 Å². The van der Waals surface area contributed by atoms with Crippen LogP contribution in [0.3, 0.4) is 0 Å². The molecule has 0 aliphatic rings. The lowest BCUT2D eigenvalue weighted by atomic mass is 10.1. The Labute approximate surface area is 249 Å². The summed E-state index contributed by atoms with van der Waals surface area (Å²) in [7, 11) is -9.03. The first-order valence-electron chi connectivity index (χ1n) is 13.9. The smallest absolute Gasteiger partial charge is 0.457 e. The fraction of sp³-hybridized carbons (Fsp3) is 0.400. The van der Waals surface area contributed by atoms with Gasteiger partial charge in [0.25, 0.3) is 10.1 Å². The lowest BCUT2D eigenvalue weighted by Crippen LogP contribution is -2.23. The van der Waals surface area contributed by atoms with Gasteiger partial charge in [-0.05, 0) is 49.1 Å². The lowest BCUT2D eigenvalue weighted by Gasteiger charge is -2.25. The van der Waals surface area contributed by atoms with Crippen LogP contribution in [0.5, 0.6) is 11.5 Å². The predicted octanol–water partition coefficient (Wildman–Crippen LogP) is 7.12. The molecule has 232 valence electrons. The monoisotopic (exact) mass is 634 g/mol. The minimum absolute atomic E-state index is 0.0836. The molecule has 11 nitrogen and oxygen atoms in total. The number of para-hydroxylation sites is 1. The topological polar surface area (TPSA) is 167 Å². The van der Waals surface area contributed by atoms with Gasteiger partial charge in [0.15, 0.2) is 23.0 Å². The summed E-state index contributed by atoms with van der Waals surface area (Å²) in [5.41, 5.74) is 0.836. The zero-order valence-electron chi connectivity index (χ0n) is 24.3. The summed E-state index contributed by atoms with van der Waals surface area (Å²) in [5, 5.41) is 0. The second-order valence-electron chi connectivity index (χ2n) is 11.0. The van der Waals surface area contributed by atoms with Gasteiger partial charge in [-0.1, -0.05) is 58.0 Å². The number of rotatable bonds is 14. The Morgan fingerprint density at radius 1 is 0.791 bits per heavy atom. The standard InChI is InChI=1S/C30H35O11PS/c1-19(2)27-24(38-29(31)40-27)17-42(33,18-25-28(20(3)4)41-30(32)39-25)26(43(34,35)36)15-9-11-21-10-8-14-23(16-21)37-22-12-6-5-7-13-22/h5-8,10,12-14,16,19-20,26H,9,11,15,17-18H2,1-4H3,(H,34,35,36)/t26-/m0/s1. The maximum atomic E-state index is 14.8. The molecule has 0 radical (unpaired) electrons. The molecule has 2 aromatic heterocycles. The van der Waals surface area contributed by atoms with E-state index in [1.807, 2.05) is 48.5 Å². The van der Waals surface area contributed by atoms with Crippen molar-refractivity contribution in [3.05, 3.63) is 104 Å². The van der Waals surface area contributed by atoms with Crippen LogP contribution in [0.2, 0.25) is 0 Å². The summed E-state index contributed by atoms with van der Waals surface area (Å²) in [6.07, 6.45) is -0.638. The molecule has 0 amide bonds. The van der Waals surface area contributed by atoms with Crippen molar-refractivity contribution >= 4 is 17.3 Å².